The van der Waals surface area contributed by atoms with Crippen LogP contribution in [0.3, 0.4) is 0 Å². The lowest BCUT2D eigenvalue weighted by Crippen LogP contribution is -2.27. The standard InChI is InChI=1S/C24H25N3O3/c1-26(15-17-11-12-20-21(14-17)30-16-29-20)24(28)22-19-10-6-3-7-13-27(19)23(25-22)18-8-4-2-5-9-18/h2,4-5,8-9,11-12,14H,3,6-7,10,13,15-16H2,1H3. The van der Waals surface area contributed by atoms with Crippen molar-refractivity contribution >= 4 is 5.91 Å². The highest BCUT2D eigenvalue weighted by atomic mass is 16.7. The number of hydrogen-bond acceptors (Lipinski definition) is 4. The zero-order chi connectivity index (χ0) is 20.5. The molecule has 1 amide bonds. The number of amides is 1. The van der Waals surface area contributed by atoms with E-state index in [-0.39, 0.29) is 12.7 Å². The smallest absolute Gasteiger partial charge is 0.274 e. The fraction of sp³-hybridized carbons (Fsp3) is 0.333. The molecule has 2 aromatic carbocycles. The van der Waals surface area contributed by atoms with Crippen LogP contribution in [0, 0.1) is 0 Å². The number of nitrogens with zero attached hydrogens (tertiary/aromatic N) is 3. The molecule has 0 aliphatic carbocycles. The van der Waals surface area contributed by atoms with Crippen LogP contribution in [0.1, 0.15) is 41.0 Å². The Labute approximate surface area is 176 Å². The molecule has 0 N–H and O–H groups in total. The molecule has 0 saturated carbocycles. The van der Waals surface area contributed by atoms with Crippen LogP contribution in [-0.4, -0.2) is 34.2 Å². The molecule has 5 rings (SSSR count). The molecule has 0 spiro atoms. The SMILES string of the molecule is CN(Cc1ccc2c(c1)OCO2)C(=O)c1nc(-c2ccccc2)n2c1CCCCC2. The van der Waals surface area contributed by atoms with E-state index in [1.54, 1.807) is 4.90 Å². The summed E-state index contributed by atoms with van der Waals surface area (Å²) in [6, 6.07) is 16.0. The normalized spacial score (nSPS) is 14.8. The third kappa shape index (κ3) is 3.43. The Bertz CT molecular complexity index is 1070. The second-order valence-electron chi connectivity index (χ2n) is 7.91. The first-order chi connectivity index (χ1) is 14.7. The minimum atomic E-state index is -0.0412. The Morgan fingerprint density at radius 3 is 2.77 bits per heavy atom. The van der Waals surface area contributed by atoms with Crippen LogP contribution in [0.25, 0.3) is 11.4 Å². The van der Waals surface area contributed by atoms with Gasteiger partial charge in [-0.3, -0.25) is 4.79 Å². The number of imidazole rings is 1. The summed E-state index contributed by atoms with van der Waals surface area (Å²) < 4.78 is 13.1. The van der Waals surface area contributed by atoms with Crippen molar-refractivity contribution in [2.45, 2.75) is 38.8 Å². The first-order valence-electron chi connectivity index (χ1n) is 10.5. The van der Waals surface area contributed by atoms with Crippen molar-refractivity contribution in [3.8, 4) is 22.9 Å². The predicted molar refractivity (Wildman–Crippen MR) is 114 cm³/mol. The van der Waals surface area contributed by atoms with Crippen molar-refractivity contribution in [3.63, 3.8) is 0 Å². The average Bonchev–Trinajstić information content (AvgIpc) is 3.30. The molecule has 6 nitrogen and oxygen atoms in total. The molecular weight excluding hydrogens is 378 g/mol. The largest absolute Gasteiger partial charge is 0.454 e. The van der Waals surface area contributed by atoms with E-state index in [1.807, 2.05) is 43.4 Å². The lowest BCUT2D eigenvalue weighted by Gasteiger charge is -2.17. The van der Waals surface area contributed by atoms with Crippen LogP contribution in [-0.2, 0) is 19.5 Å². The molecule has 3 heterocycles. The third-order valence-electron chi connectivity index (χ3n) is 5.81. The van der Waals surface area contributed by atoms with Crippen LogP contribution in [0.2, 0.25) is 0 Å². The van der Waals surface area contributed by atoms with Crippen LogP contribution in [0.15, 0.2) is 48.5 Å². The number of carbonyl (C=O) groups is 1. The maximum atomic E-state index is 13.4. The molecule has 0 radical (unpaired) electrons. The Kier molecular flexibility index (Phi) is 4.91. The van der Waals surface area contributed by atoms with E-state index < -0.39 is 0 Å². The fourth-order valence-electron chi connectivity index (χ4n) is 4.26. The van der Waals surface area contributed by atoms with Crippen LogP contribution < -0.4 is 9.47 Å². The van der Waals surface area contributed by atoms with Gasteiger partial charge in [-0.25, -0.2) is 4.98 Å². The minimum absolute atomic E-state index is 0.0412. The molecular formula is C24H25N3O3. The van der Waals surface area contributed by atoms with Gasteiger partial charge in [0.2, 0.25) is 6.79 Å². The van der Waals surface area contributed by atoms with Gasteiger partial charge in [0.15, 0.2) is 11.5 Å². The monoisotopic (exact) mass is 403 g/mol. The van der Waals surface area contributed by atoms with Gasteiger partial charge in [-0.2, -0.15) is 0 Å². The molecule has 6 heteroatoms. The van der Waals surface area contributed by atoms with E-state index in [2.05, 4.69) is 16.7 Å². The van der Waals surface area contributed by atoms with Crippen molar-refractivity contribution in [3.05, 3.63) is 65.5 Å². The molecule has 2 aliphatic heterocycles. The Morgan fingerprint density at radius 2 is 1.90 bits per heavy atom. The van der Waals surface area contributed by atoms with Crippen LogP contribution in [0.4, 0.5) is 0 Å². The van der Waals surface area contributed by atoms with Gasteiger partial charge < -0.3 is 18.9 Å². The summed E-state index contributed by atoms with van der Waals surface area (Å²) >= 11 is 0. The number of aromatic nitrogens is 2. The van der Waals surface area contributed by atoms with Gasteiger partial charge >= 0.3 is 0 Å². The summed E-state index contributed by atoms with van der Waals surface area (Å²) in [4.78, 5) is 20.0. The Balaban J connectivity index is 1.45. The predicted octanol–water partition coefficient (Wildman–Crippen LogP) is 4.28. The van der Waals surface area contributed by atoms with E-state index in [0.29, 0.717) is 12.2 Å². The molecule has 1 aromatic heterocycles. The highest BCUT2D eigenvalue weighted by Gasteiger charge is 2.26. The van der Waals surface area contributed by atoms with Crippen molar-refractivity contribution in [1.29, 1.82) is 0 Å². The van der Waals surface area contributed by atoms with Crippen molar-refractivity contribution in [2.75, 3.05) is 13.8 Å². The number of benzene rings is 2. The first kappa shape index (κ1) is 18.7. The van der Waals surface area contributed by atoms with Crippen LogP contribution in [0.5, 0.6) is 11.5 Å². The summed E-state index contributed by atoms with van der Waals surface area (Å²) in [7, 11) is 1.83. The molecule has 2 aliphatic rings. The highest BCUT2D eigenvalue weighted by molar-refractivity contribution is 5.94. The van der Waals surface area contributed by atoms with E-state index in [1.165, 1.54) is 6.42 Å². The summed E-state index contributed by atoms with van der Waals surface area (Å²) in [6.45, 7) is 1.64. The summed E-state index contributed by atoms with van der Waals surface area (Å²) in [5.41, 5.74) is 3.70. The maximum Gasteiger partial charge on any atom is 0.274 e. The van der Waals surface area contributed by atoms with E-state index >= 15 is 0 Å². The number of rotatable bonds is 4. The van der Waals surface area contributed by atoms with Gasteiger partial charge in [-0.15, -0.1) is 0 Å². The molecule has 0 bridgehead atoms. The summed E-state index contributed by atoms with van der Waals surface area (Å²) in [5, 5.41) is 0. The molecule has 3 aromatic rings. The second-order valence-corrected chi connectivity index (χ2v) is 7.91. The molecule has 0 atom stereocenters. The first-order valence-corrected chi connectivity index (χ1v) is 10.5. The molecule has 154 valence electrons. The number of hydrogen-bond donors (Lipinski definition) is 0. The lowest BCUT2D eigenvalue weighted by atomic mass is 10.1. The van der Waals surface area contributed by atoms with Gasteiger partial charge in [0, 0.05) is 25.7 Å². The Morgan fingerprint density at radius 1 is 1.07 bits per heavy atom. The Hall–Kier alpha value is -3.28. The van der Waals surface area contributed by atoms with E-state index in [4.69, 9.17) is 14.5 Å². The lowest BCUT2D eigenvalue weighted by molar-refractivity contribution is 0.0778. The van der Waals surface area contributed by atoms with Crippen LogP contribution >= 0.6 is 0 Å². The topological polar surface area (TPSA) is 56.6 Å². The molecule has 0 saturated heterocycles. The van der Waals surface area contributed by atoms with Gasteiger partial charge in [-0.05, 0) is 37.0 Å². The maximum absolute atomic E-state index is 13.4. The molecule has 0 unspecified atom stereocenters. The number of carbonyl (C=O) groups excluding carboxylic acids is 1. The third-order valence-corrected chi connectivity index (χ3v) is 5.81. The second kappa shape index (κ2) is 7.86. The van der Waals surface area contributed by atoms with Crippen molar-refractivity contribution in [1.82, 2.24) is 14.5 Å². The van der Waals surface area contributed by atoms with Gasteiger partial charge in [0.1, 0.15) is 11.5 Å². The fourth-order valence-corrected chi connectivity index (χ4v) is 4.26. The molecule has 0 fully saturated rings. The highest BCUT2D eigenvalue weighted by Crippen LogP contribution is 2.33. The van der Waals surface area contributed by atoms with Gasteiger partial charge in [0.25, 0.3) is 5.91 Å². The van der Waals surface area contributed by atoms with E-state index in [0.717, 1.165) is 60.0 Å². The number of fused-ring (bicyclic) bond motifs is 2. The van der Waals surface area contributed by atoms with E-state index in [9.17, 15) is 4.79 Å². The zero-order valence-corrected chi connectivity index (χ0v) is 17.1. The van der Waals surface area contributed by atoms with Crippen molar-refractivity contribution in [2.24, 2.45) is 0 Å². The molecule has 30 heavy (non-hydrogen) atoms. The van der Waals surface area contributed by atoms with Gasteiger partial charge in [0.05, 0.1) is 5.69 Å². The van der Waals surface area contributed by atoms with Crippen molar-refractivity contribution < 1.29 is 14.3 Å². The zero-order valence-electron chi connectivity index (χ0n) is 17.1. The summed E-state index contributed by atoms with van der Waals surface area (Å²) in [6.07, 6.45) is 4.27. The quantitative estimate of drug-likeness (QED) is 0.653. The number of ether oxygens (including phenoxy) is 2. The average molecular weight is 403 g/mol. The summed E-state index contributed by atoms with van der Waals surface area (Å²) in [5.74, 6) is 2.34. The minimum Gasteiger partial charge on any atom is -0.454 e. The van der Waals surface area contributed by atoms with Gasteiger partial charge in [-0.1, -0.05) is 42.8 Å².